The zero-order chi connectivity index (χ0) is 14.0. The summed E-state index contributed by atoms with van der Waals surface area (Å²) in [7, 11) is 0. The van der Waals surface area contributed by atoms with Crippen LogP contribution in [0.25, 0.3) is 0 Å². The van der Waals surface area contributed by atoms with Crippen molar-refractivity contribution in [2.75, 3.05) is 5.32 Å². The Kier molecular flexibility index (Phi) is 4.39. The maximum atomic E-state index is 12.1. The van der Waals surface area contributed by atoms with Gasteiger partial charge in [-0.15, -0.1) is 0 Å². The highest BCUT2D eigenvalue weighted by Gasteiger charge is 2.12. The van der Waals surface area contributed by atoms with Crippen molar-refractivity contribution in [3.8, 4) is 0 Å². The van der Waals surface area contributed by atoms with Crippen molar-refractivity contribution >= 4 is 50.9 Å². The number of benzene rings is 1. The van der Waals surface area contributed by atoms with Gasteiger partial charge in [-0.1, -0.05) is 23.2 Å². The molecule has 0 spiro atoms. The van der Waals surface area contributed by atoms with Gasteiger partial charge >= 0.3 is 0 Å². The molecule has 0 bridgehead atoms. The monoisotopic (exact) mass is 359 g/mol. The predicted octanol–water partition coefficient (Wildman–Crippen LogP) is 4.11. The van der Waals surface area contributed by atoms with Gasteiger partial charge in [-0.2, -0.15) is 0 Å². The largest absolute Gasteiger partial charge is 0.306 e. The molecule has 1 amide bonds. The van der Waals surface area contributed by atoms with E-state index < -0.39 is 0 Å². The van der Waals surface area contributed by atoms with Crippen molar-refractivity contribution in [3.63, 3.8) is 0 Å². The number of nitrogens with one attached hydrogen (secondary N) is 1. The van der Waals surface area contributed by atoms with E-state index in [4.69, 9.17) is 23.2 Å². The first-order chi connectivity index (χ1) is 8.95. The smallest absolute Gasteiger partial charge is 0.257 e. The van der Waals surface area contributed by atoms with E-state index in [2.05, 4.69) is 31.2 Å². The van der Waals surface area contributed by atoms with Gasteiger partial charge in [0.2, 0.25) is 5.28 Å². The molecule has 19 heavy (non-hydrogen) atoms. The minimum atomic E-state index is -0.304. The van der Waals surface area contributed by atoms with E-state index in [1.807, 2.05) is 19.1 Å². The average molecular weight is 361 g/mol. The van der Waals surface area contributed by atoms with E-state index in [1.54, 1.807) is 6.07 Å². The van der Waals surface area contributed by atoms with Crippen molar-refractivity contribution in [2.24, 2.45) is 0 Å². The van der Waals surface area contributed by atoms with Crippen LogP contribution in [-0.4, -0.2) is 15.9 Å². The number of carbonyl (C=O) groups excluding carboxylic acids is 1. The standard InChI is InChI=1S/C12H8BrCl2N3O/c1-6-2-3-8(13)7(4-6)11(19)17-10-5-9(14)16-12(15)18-10/h2-5H,1H3,(H,16,17,18,19). The Morgan fingerprint density at radius 1 is 1.26 bits per heavy atom. The number of amides is 1. The summed E-state index contributed by atoms with van der Waals surface area (Å²) in [5.41, 5.74) is 1.48. The molecule has 2 aromatic rings. The molecule has 0 aliphatic rings. The Bertz CT molecular complexity index is 629. The van der Waals surface area contributed by atoms with Crippen LogP contribution in [-0.2, 0) is 0 Å². The molecule has 2 rings (SSSR count). The summed E-state index contributed by atoms with van der Waals surface area (Å²) >= 11 is 14.7. The van der Waals surface area contributed by atoms with Crippen molar-refractivity contribution in [1.82, 2.24) is 9.97 Å². The van der Waals surface area contributed by atoms with Crippen LogP contribution in [0.15, 0.2) is 28.7 Å². The third-order valence-electron chi connectivity index (χ3n) is 2.28. The van der Waals surface area contributed by atoms with Gasteiger partial charge in [0, 0.05) is 10.5 Å². The summed E-state index contributed by atoms with van der Waals surface area (Å²) < 4.78 is 0.696. The van der Waals surface area contributed by atoms with Crippen molar-refractivity contribution in [2.45, 2.75) is 6.92 Å². The fourth-order valence-corrected chi connectivity index (χ4v) is 2.29. The Balaban J connectivity index is 2.28. The number of hydrogen-bond acceptors (Lipinski definition) is 3. The van der Waals surface area contributed by atoms with Crippen LogP contribution in [0.3, 0.4) is 0 Å². The molecule has 0 unspecified atom stereocenters. The van der Waals surface area contributed by atoms with E-state index in [-0.39, 0.29) is 22.2 Å². The third-order valence-corrected chi connectivity index (χ3v) is 3.33. The fourth-order valence-electron chi connectivity index (χ4n) is 1.45. The van der Waals surface area contributed by atoms with Crippen LogP contribution in [0.5, 0.6) is 0 Å². The molecule has 0 atom stereocenters. The lowest BCUT2D eigenvalue weighted by molar-refractivity contribution is 0.102. The SMILES string of the molecule is Cc1ccc(Br)c(C(=O)Nc2cc(Cl)nc(Cl)n2)c1. The van der Waals surface area contributed by atoms with E-state index in [0.29, 0.717) is 10.0 Å². The Morgan fingerprint density at radius 2 is 2.00 bits per heavy atom. The second-order valence-electron chi connectivity index (χ2n) is 3.78. The van der Waals surface area contributed by atoms with Crippen LogP contribution < -0.4 is 5.32 Å². The van der Waals surface area contributed by atoms with Crippen LogP contribution in [0.1, 0.15) is 15.9 Å². The molecule has 1 heterocycles. The van der Waals surface area contributed by atoms with E-state index in [9.17, 15) is 4.79 Å². The molecule has 1 N–H and O–H groups in total. The zero-order valence-electron chi connectivity index (χ0n) is 9.75. The van der Waals surface area contributed by atoms with Gasteiger partial charge in [-0.05, 0) is 46.6 Å². The predicted molar refractivity (Wildman–Crippen MR) is 78.9 cm³/mol. The maximum absolute atomic E-state index is 12.1. The Hall–Kier alpha value is -1.17. The molecular weight excluding hydrogens is 353 g/mol. The van der Waals surface area contributed by atoms with Gasteiger partial charge in [0.15, 0.2) is 0 Å². The molecule has 0 radical (unpaired) electrons. The molecule has 0 saturated heterocycles. The summed E-state index contributed by atoms with van der Waals surface area (Å²) in [6.07, 6.45) is 0. The Morgan fingerprint density at radius 3 is 2.68 bits per heavy atom. The maximum Gasteiger partial charge on any atom is 0.257 e. The highest BCUT2D eigenvalue weighted by atomic mass is 79.9. The van der Waals surface area contributed by atoms with Crippen LogP contribution >= 0.6 is 39.1 Å². The lowest BCUT2D eigenvalue weighted by Gasteiger charge is -2.07. The number of anilines is 1. The van der Waals surface area contributed by atoms with Crippen LogP contribution in [0.2, 0.25) is 10.4 Å². The van der Waals surface area contributed by atoms with Gasteiger partial charge in [0.1, 0.15) is 11.0 Å². The molecule has 98 valence electrons. The van der Waals surface area contributed by atoms with Gasteiger partial charge in [0.25, 0.3) is 5.91 Å². The first-order valence-corrected chi connectivity index (χ1v) is 6.78. The average Bonchev–Trinajstić information content (AvgIpc) is 2.30. The normalized spacial score (nSPS) is 10.3. The van der Waals surface area contributed by atoms with Crippen LogP contribution in [0.4, 0.5) is 5.82 Å². The number of hydrogen-bond donors (Lipinski definition) is 1. The van der Waals surface area contributed by atoms with Crippen molar-refractivity contribution in [1.29, 1.82) is 0 Å². The second-order valence-corrected chi connectivity index (χ2v) is 5.36. The molecular formula is C12H8BrCl2N3O. The van der Waals surface area contributed by atoms with Gasteiger partial charge in [0.05, 0.1) is 5.56 Å². The van der Waals surface area contributed by atoms with Gasteiger partial charge < -0.3 is 5.32 Å². The number of aromatic nitrogens is 2. The first kappa shape index (κ1) is 14.2. The summed E-state index contributed by atoms with van der Waals surface area (Å²) in [5, 5.41) is 2.76. The quantitative estimate of drug-likeness (QED) is 0.647. The van der Waals surface area contributed by atoms with E-state index in [1.165, 1.54) is 6.07 Å². The summed E-state index contributed by atoms with van der Waals surface area (Å²) in [4.78, 5) is 19.7. The number of halogens is 3. The fraction of sp³-hybridized carbons (Fsp3) is 0.0833. The Labute approximate surface area is 128 Å². The summed E-state index contributed by atoms with van der Waals surface area (Å²) in [6, 6.07) is 6.91. The lowest BCUT2D eigenvalue weighted by Crippen LogP contribution is -2.14. The van der Waals surface area contributed by atoms with E-state index >= 15 is 0 Å². The van der Waals surface area contributed by atoms with Gasteiger partial charge in [-0.3, -0.25) is 4.79 Å². The molecule has 0 aliphatic heterocycles. The van der Waals surface area contributed by atoms with E-state index in [0.717, 1.165) is 5.56 Å². The zero-order valence-corrected chi connectivity index (χ0v) is 12.8. The summed E-state index contributed by atoms with van der Waals surface area (Å²) in [6.45, 7) is 1.90. The van der Waals surface area contributed by atoms with Gasteiger partial charge in [-0.25, -0.2) is 9.97 Å². The highest BCUT2D eigenvalue weighted by molar-refractivity contribution is 9.10. The second kappa shape index (κ2) is 5.86. The molecule has 7 heteroatoms. The van der Waals surface area contributed by atoms with Crippen molar-refractivity contribution in [3.05, 3.63) is 50.3 Å². The molecule has 1 aromatic carbocycles. The number of rotatable bonds is 2. The minimum absolute atomic E-state index is 0.0221. The molecule has 4 nitrogen and oxygen atoms in total. The molecule has 0 aliphatic carbocycles. The lowest BCUT2D eigenvalue weighted by atomic mass is 10.1. The molecule has 0 fully saturated rings. The third kappa shape index (κ3) is 3.65. The number of nitrogens with zero attached hydrogens (tertiary/aromatic N) is 2. The minimum Gasteiger partial charge on any atom is -0.306 e. The van der Waals surface area contributed by atoms with Crippen molar-refractivity contribution < 1.29 is 4.79 Å². The number of carbonyl (C=O) groups is 1. The molecule has 1 aromatic heterocycles. The van der Waals surface area contributed by atoms with Crippen LogP contribution in [0, 0.1) is 6.92 Å². The first-order valence-electron chi connectivity index (χ1n) is 5.23. The topological polar surface area (TPSA) is 54.9 Å². The number of aryl methyl sites for hydroxylation is 1. The molecule has 0 saturated carbocycles. The highest BCUT2D eigenvalue weighted by Crippen LogP contribution is 2.20. The summed E-state index contributed by atoms with van der Waals surface area (Å²) in [5.74, 6) is -0.0511.